The van der Waals surface area contributed by atoms with Gasteiger partial charge in [-0.3, -0.25) is 0 Å². The molecule has 2 aromatic rings. The molecule has 0 aliphatic rings. The molecule has 0 aliphatic carbocycles. The fourth-order valence-corrected chi connectivity index (χ4v) is 2.96. The first-order valence-corrected chi connectivity index (χ1v) is 8.19. The monoisotopic (exact) mass is 385 g/mol. The van der Waals surface area contributed by atoms with Crippen LogP contribution in [0.3, 0.4) is 0 Å². The van der Waals surface area contributed by atoms with Gasteiger partial charge >= 0.3 is 0 Å². The lowest BCUT2D eigenvalue weighted by Gasteiger charge is -2.13. The summed E-state index contributed by atoms with van der Waals surface area (Å²) in [5.41, 5.74) is 2.34. The minimum absolute atomic E-state index is 0.559. The topological polar surface area (TPSA) is 30.7 Å². The van der Waals surface area contributed by atoms with Gasteiger partial charge in [0.2, 0.25) is 0 Å². The van der Waals surface area contributed by atoms with Crippen LogP contribution in [0.15, 0.2) is 22.7 Å². The molecule has 102 valence electrons. The van der Waals surface area contributed by atoms with E-state index in [0.29, 0.717) is 5.92 Å². The number of nitrogens with zero attached hydrogens (tertiary/aromatic N) is 3. The third-order valence-electron chi connectivity index (χ3n) is 2.92. The summed E-state index contributed by atoms with van der Waals surface area (Å²) in [6.45, 7) is 7.44. The van der Waals surface area contributed by atoms with Gasteiger partial charge in [0.15, 0.2) is 5.82 Å². The standard InChI is InChI=1S/C14H17Br2N3/c1-9(2)8-19-13(7-15)17-18-14(19)12-5-4-11(16)6-10(12)3/h4-6,9H,7-8H2,1-3H3. The summed E-state index contributed by atoms with van der Waals surface area (Å²) in [7, 11) is 0. The highest BCUT2D eigenvalue weighted by molar-refractivity contribution is 9.10. The lowest BCUT2D eigenvalue weighted by molar-refractivity contribution is 0.516. The molecule has 1 aromatic heterocycles. The molecule has 0 bridgehead atoms. The average Bonchev–Trinajstić information content (AvgIpc) is 2.71. The number of rotatable bonds is 4. The Kier molecular flexibility index (Phi) is 4.79. The van der Waals surface area contributed by atoms with Gasteiger partial charge in [-0.15, -0.1) is 10.2 Å². The van der Waals surface area contributed by atoms with E-state index in [4.69, 9.17) is 0 Å². The summed E-state index contributed by atoms with van der Waals surface area (Å²) in [6, 6.07) is 6.25. The fraction of sp³-hybridized carbons (Fsp3) is 0.429. The van der Waals surface area contributed by atoms with E-state index in [2.05, 4.69) is 79.5 Å². The molecule has 0 atom stereocenters. The van der Waals surface area contributed by atoms with Crippen LogP contribution in [0.5, 0.6) is 0 Å². The number of aromatic nitrogens is 3. The van der Waals surface area contributed by atoms with Gasteiger partial charge in [0.25, 0.3) is 0 Å². The fourth-order valence-electron chi connectivity index (χ4n) is 2.07. The minimum atomic E-state index is 0.559. The first kappa shape index (κ1) is 14.7. The highest BCUT2D eigenvalue weighted by atomic mass is 79.9. The lowest BCUT2D eigenvalue weighted by atomic mass is 10.1. The van der Waals surface area contributed by atoms with Crippen LogP contribution in [0.4, 0.5) is 0 Å². The molecule has 1 aromatic carbocycles. The van der Waals surface area contributed by atoms with Crippen molar-refractivity contribution >= 4 is 31.9 Å². The van der Waals surface area contributed by atoms with Crippen LogP contribution < -0.4 is 0 Å². The number of halogens is 2. The zero-order valence-corrected chi connectivity index (χ0v) is 14.5. The molecule has 0 saturated heterocycles. The third-order valence-corrected chi connectivity index (χ3v) is 3.92. The van der Waals surface area contributed by atoms with E-state index in [0.717, 1.165) is 33.6 Å². The van der Waals surface area contributed by atoms with E-state index in [1.807, 2.05) is 6.07 Å². The molecule has 3 nitrogen and oxygen atoms in total. The molecule has 0 N–H and O–H groups in total. The summed E-state index contributed by atoms with van der Waals surface area (Å²) in [5.74, 6) is 2.49. The van der Waals surface area contributed by atoms with Gasteiger partial charge in [0.05, 0.1) is 5.33 Å². The molecular weight excluding hydrogens is 370 g/mol. The van der Waals surface area contributed by atoms with Crippen LogP contribution in [0.25, 0.3) is 11.4 Å². The van der Waals surface area contributed by atoms with E-state index >= 15 is 0 Å². The van der Waals surface area contributed by atoms with E-state index < -0.39 is 0 Å². The van der Waals surface area contributed by atoms with Crippen molar-refractivity contribution in [3.05, 3.63) is 34.1 Å². The van der Waals surface area contributed by atoms with E-state index in [1.54, 1.807) is 0 Å². The normalized spacial score (nSPS) is 11.3. The van der Waals surface area contributed by atoms with Gasteiger partial charge in [-0.1, -0.05) is 45.7 Å². The third kappa shape index (κ3) is 3.26. The lowest BCUT2D eigenvalue weighted by Crippen LogP contribution is -2.09. The second-order valence-electron chi connectivity index (χ2n) is 5.04. The maximum atomic E-state index is 4.37. The van der Waals surface area contributed by atoms with Crippen LogP contribution in [-0.2, 0) is 11.9 Å². The van der Waals surface area contributed by atoms with Crippen molar-refractivity contribution in [3.63, 3.8) is 0 Å². The highest BCUT2D eigenvalue weighted by Gasteiger charge is 2.15. The average molecular weight is 387 g/mol. The van der Waals surface area contributed by atoms with Crippen molar-refractivity contribution in [2.75, 3.05) is 0 Å². The molecular formula is C14H17Br2N3. The van der Waals surface area contributed by atoms with Crippen LogP contribution in [-0.4, -0.2) is 14.8 Å². The minimum Gasteiger partial charge on any atom is -0.310 e. The van der Waals surface area contributed by atoms with Gasteiger partial charge in [-0.25, -0.2) is 0 Å². The zero-order chi connectivity index (χ0) is 14.0. The summed E-state index contributed by atoms with van der Waals surface area (Å²) in [4.78, 5) is 0. The second kappa shape index (κ2) is 6.18. The van der Waals surface area contributed by atoms with E-state index in [1.165, 1.54) is 5.56 Å². The van der Waals surface area contributed by atoms with Crippen molar-refractivity contribution in [1.29, 1.82) is 0 Å². The van der Waals surface area contributed by atoms with Gasteiger partial charge in [0.1, 0.15) is 5.82 Å². The van der Waals surface area contributed by atoms with Crippen LogP contribution >= 0.6 is 31.9 Å². The van der Waals surface area contributed by atoms with Crippen molar-refractivity contribution in [2.45, 2.75) is 32.6 Å². The SMILES string of the molecule is Cc1cc(Br)ccc1-c1nnc(CBr)n1CC(C)C. The molecule has 0 aliphatic heterocycles. The molecule has 1 heterocycles. The van der Waals surface area contributed by atoms with Crippen LogP contribution in [0, 0.1) is 12.8 Å². The Morgan fingerprint density at radius 1 is 1.26 bits per heavy atom. The Morgan fingerprint density at radius 2 is 2.00 bits per heavy atom. The van der Waals surface area contributed by atoms with Gasteiger partial charge in [-0.05, 0) is 36.6 Å². The summed E-state index contributed by atoms with van der Waals surface area (Å²) < 4.78 is 3.29. The molecule has 0 spiro atoms. The molecule has 2 rings (SSSR count). The maximum Gasteiger partial charge on any atom is 0.164 e. The zero-order valence-electron chi connectivity index (χ0n) is 11.3. The Labute approximate surface area is 130 Å². The number of aryl methyl sites for hydroxylation is 1. The van der Waals surface area contributed by atoms with Gasteiger partial charge in [0, 0.05) is 16.6 Å². The summed E-state index contributed by atoms with van der Waals surface area (Å²) >= 11 is 6.98. The summed E-state index contributed by atoms with van der Waals surface area (Å²) in [5, 5.41) is 9.37. The van der Waals surface area contributed by atoms with Crippen LogP contribution in [0.2, 0.25) is 0 Å². The second-order valence-corrected chi connectivity index (χ2v) is 6.51. The van der Waals surface area contributed by atoms with E-state index in [-0.39, 0.29) is 0 Å². The van der Waals surface area contributed by atoms with Crippen molar-refractivity contribution in [2.24, 2.45) is 5.92 Å². The Hall–Kier alpha value is -0.680. The molecule has 0 amide bonds. The predicted octanol–water partition coefficient (Wildman–Crippen LogP) is 4.57. The molecule has 0 fully saturated rings. The maximum absolute atomic E-state index is 4.37. The first-order valence-electron chi connectivity index (χ1n) is 6.27. The van der Waals surface area contributed by atoms with E-state index in [9.17, 15) is 0 Å². The largest absolute Gasteiger partial charge is 0.310 e. The number of alkyl halides is 1. The molecule has 5 heteroatoms. The molecule has 0 radical (unpaired) electrons. The molecule has 0 unspecified atom stereocenters. The van der Waals surface area contributed by atoms with Crippen molar-refractivity contribution < 1.29 is 0 Å². The number of benzene rings is 1. The Morgan fingerprint density at radius 3 is 2.58 bits per heavy atom. The summed E-state index contributed by atoms with van der Waals surface area (Å²) in [6.07, 6.45) is 0. The first-order chi connectivity index (χ1) is 9.02. The smallest absolute Gasteiger partial charge is 0.164 e. The molecule has 19 heavy (non-hydrogen) atoms. The highest BCUT2D eigenvalue weighted by Crippen LogP contribution is 2.26. The van der Waals surface area contributed by atoms with Gasteiger partial charge < -0.3 is 4.57 Å². The Bertz CT molecular complexity index is 576. The van der Waals surface area contributed by atoms with Crippen molar-refractivity contribution in [3.8, 4) is 11.4 Å². The molecule has 0 saturated carbocycles. The number of hydrogen-bond donors (Lipinski definition) is 0. The van der Waals surface area contributed by atoms with Gasteiger partial charge in [-0.2, -0.15) is 0 Å². The Balaban J connectivity index is 2.52. The number of hydrogen-bond acceptors (Lipinski definition) is 2. The van der Waals surface area contributed by atoms with Crippen LogP contribution in [0.1, 0.15) is 25.2 Å². The van der Waals surface area contributed by atoms with Crippen molar-refractivity contribution in [1.82, 2.24) is 14.8 Å². The predicted molar refractivity (Wildman–Crippen MR) is 85.4 cm³/mol. The quantitative estimate of drug-likeness (QED) is 0.720.